The Balaban J connectivity index is 1.61. The van der Waals surface area contributed by atoms with E-state index in [9.17, 15) is 14.4 Å². The van der Waals surface area contributed by atoms with Crippen molar-refractivity contribution < 1.29 is 19.1 Å². The molecule has 1 saturated heterocycles. The number of nitrogens with one attached hydrogen (secondary N) is 4. The van der Waals surface area contributed by atoms with Crippen LogP contribution in [0, 0.1) is 0 Å². The number of carbonyl (C=O) groups excluding carboxylic acids is 3. The molecule has 1 aliphatic rings. The van der Waals surface area contributed by atoms with Crippen molar-refractivity contribution in [1.82, 2.24) is 21.3 Å². The zero-order valence-electron chi connectivity index (χ0n) is 19.2. The number of halogens is 1. The Hall–Kier alpha value is -2.75. The molecule has 0 saturated carbocycles. The van der Waals surface area contributed by atoms with Gasteiger partial charge in [0, 0.05) is 28.6 Å². The van der Waals surface area contributed by atoms with Crippen LogP contribution in [0.3, 0.4) is 0 Å². The predicted molar refractivity (Wildman–Crippen MR) is 134 cm³/mol. The summed E-state index contributed by atoms with van der Waals surface area (Å²) in [5.41, 5.74) is -0.188. The second-order valence-corrected chi connectivity index (χ2v) is 9.19. The van der Waals surface area contributed by atoms with Crippen LogP contribution in [0.4, 0.5) is 0 Å². The summed E-state index contributed by atoms with van der Waals surface area (Å²) in [6.07, 6.45) is 2.85. The van der Waals surface area contributed by atoms with E-state index in [0.29, 0.717) is 47.8 Å². The second kappa shape index (κ2) is 12.1. The third kappa shape index (κ3) is 6.43. The normalized spacial score (nSPS) is 14.7. The Morgan fingerprint density at radius 2 is 1.71 bits per heavy atom. The molecule has 1 heterocycles. The summed E-state index contributed by atoms with van der Waals surface area (Å²) in [5.74, 6) is -0.435. The van der Waals surface area contributed by atoms with Gasteiger partial charge < -0.3 is 26.0 Å². The van der Waals surface area contributed by atoms with Crippen LogP contribution in [0.5, 0.6) is 5.75 Å². The van der Waals surface area contributed by atoms with Crippen LogP contribution in [0.15, 0.2) is 47.4 Å². The molecule has 0 radical (unpaired) electrons. The average Bonchev–Trinajstić information content (AvgIpc) is 2.86. The third-order valence-corrected chi connectivity index (χ3v) is 6.68. The summed E-state index contributed by atoms with van der Waals surface area (Å²) in [6, 6.07) is 11.9. The van der Waals surface area contributed by atoms with Crippen LogP contribution in [-0.4, -0.2) is 62.8 Å². The maximum atomic E-state index is 13.2. The van der Waals surface area contributed by atoms with Crippen molar-refractivity contribution in [2.45, 2.75) is 23.3 Å². The highest BCUT2D eigenvalue weighted by Gasteiger charge is 2.41. The topological polar surface area (TPSA) is 109 Å². The fraction of sp³-hybridized carbons (Fsp3) is 0.375. The molecule has 0 aliphatic carbocycles. The summed E-state index contributed by atoms with van der Waals surface area (Å²) in [7, 11) is 1.52. The van der Waals surface area contributed by atoms with E-state index in [1.54, 1.807) is 48.2 Å². The van der Waals surface area contributed by atoms with Crippen molar-refractivity contribution in [2.24, 2.45) is 0 Å². The Morgan fingerprint density at radius 3 is 2.35 bits per heavy atom. The van der Waals surface area contributed by atoms with Gasteiger partial charge in [-0.25, -0.2) is 0 Å². The largest absolute Gasteiger partial charge is 0.496 e. The van der Waals surface area contributed by atoms with E-state index in [4.69, 9.17) is 16.3 Å². The summed E-state index contributed by atoms with van der Waals surface area (Å²) in [4.78, 5) is 39.5. The molecule has 0 unspecified atom stereocenters. The summed E-state index contributed by atoms with van der Waals surface area (Å²) in [5, 5.41) is 12.4. The van der Waals surface area contributed by atoms with E-state index in [1.165, 1.54) is 7.11 Å². The highest BCUT2D eigenvalue weighted by atomic mass is 35.5. The highest BCUT2D eigenvalue weighted by molar-refractivity contribution is 7.98. The van der Waals surface area contributed by atoms with Crippen LogP contribution < -0.4 is 26.0 Å². The van der Waals surface area contributed by atoms with Crippen molar-refractivity contribution in [3.05, 3.63) is 58.6 Å². The first-order valence-electron chi connectivity index (χ1n) is 11.0. The number of benzene rings is 2. The highest BCUT2D eigenvalue weighted by Crippen LogP contribution is 2.27. The summed E-state index contributed by atoms with van der Waals surface area (Å²) < 4.78 is 5.40. The van der Waals surface area contributed by atoms with Crippen LogP contribution in [0.2, 0.25) is 5.02 Å². The molecule has 0 atom stereocenters. The standard InChI is InChI=1S/C24H29ClN4O4S/c1-33-20-15-18(34-2)7-8-19(20)22(31)29-24(9-11-26-12-10-24)23(32)28-14-13-27-21(30)16-3-5-17(25)6-4-16/h3-8,15,26H,9-14H2,1-2H3,(H,27,30)(H,28,32)(H,29,31). The van der Waals surface area contributed by atoms with Crippen LogP contribution in [-0.2, 0) is 4.79 Å². The lowest BCUT2D eigenvalue weighted by atomic mass is 9.86. The van der Waals surface area contributed by atoms with E-state index in [2.05, 4.69) is 21.3 Å². The molecule has 2 aromatic carbocycles. The fourth-order valence-electron chi connectivity index (χ4n) is 3.76. The zero-order chi connectivity index (χ0) is 24.6. The van der Waals surface area contributed by atoms with Gasteiger partial charge in [-0.3, -0.25) is 14.4 Å². The Labute approximate surface area is 208 Å². The van der Waals surface area contributed by atoms with Gasteiger partial charge in [-0.1, -0.05) is 11.6 Å². The number of amides is 3. The van der Waals surface area contributed by atoms with Gasteiger partial charge in [-0.15, -0.1) is 11.8 Å². The number of hydrogen-bond donors (Lipinski definition) is 4. The van der Waals surface area contributed by atoms with Gasteiger partial charge in [0.2, 0.25) is 5.91 Å². The first-order chi connectivity index (χ1) is 16.4. The molecule has 3 rings (SSSR count). The molecular formula is C24H29ClN4O4S. The van der Waals surface area contributed by atoms with Crippen molar-refractivity contribution >= 4 is 41.1 Å². The fourth-order valence-corrected chi connectivity index (χ4v) is 4.31. The van der Waals surface area contributed by atoms with Gasteiger partial charge in [-0.2, -0.15) is 0 Å². The molecule has 34 heavy (non-hydrogen) atoms. The molecule has 0 bridgehead atoms. The van der Waals surface area contributed by atoms with E-state index >= 15 is 0 Å². The monoisotopic (exact) mass is 504 g/mol. The molecule has 2 aromatic rings. The summed E-state index contributed by atoms with van der Waals surface area (Å²) >= 11 is 7.40. The maximum absolute atomic E-state index is 13.2. The number of carbonyl (C=O) groups is 3. The number of thioether (sulfide) groups is 1. The van der Waals surface area contributed by atoms with E-state index in [0.717, 1.165) is 4.90 Å². The molecule has 1 fully saturated rings. The van der Waals surface area contributed by atoms with Crippen molar-refractivity contribution in [3.8, 4) is 5.75 Å². The lowest BCUT2D eigenvalue weighted by molar-refractivity contribution is -0.128. The Kier molecular flexibility index (Phi) is 9.20. The van der Waals surface area contributed by atoms with Crippen LogP contribution in [0.25, 0.3) is 0 Å². The van der Waals surface area contributed by atoms with Gasteiger partial charge in [0.05, 0.1) is 12.7 Å². The van der Waals surface area contributed by atoms with Crippen LogP contribution >= 0.6 is 23.4 Å². The molecular weight excluding hydrogens is 476 g/mol. The second-order valence-electron chi connectivity index (χ2n) is 7.87. The lowest BCUT2D eigenvalue weighted by Gasteiger charge is -2.37. The molecule has 0 aromatic heterocycles. The van der Waals surface area contributed by atoms with E-state index < -0.39 is 5.54 Å². The minimum Gasteiger partial charge on any atom is -0.496 e. The van der Waals surface area contributed by atoms with Crippen molar-refractivity contribution in [1.29, 1.82) is 0 Å². The molecule has 1 aliphatic heterocycles. The van der Waals surface area contributed by atoms with E-state index in [1.807, 2.05) is 12.3 Å². The third-order valence-electron chi connectivity index (χ3n) is 5.70. The smallest absolute Gasteiger partial charge is 0.255 e. The minimum atomic E-state index is -1.05. The number of methoxy groups -OCH3 is 1. The van der Waals surface area contributed by atoms with Gasteiger partial charge in [-0.05, 0) is 74.7 Å². The minimum absolute atomic E-state index is 0.231. The van der Waals surface area contributed by atoms with E-state index in [-0.39, 0.29) is 30.8 Å². The number of hydrogen-bond acceptors (Lipinski definition) is 6. The molecule has 4 N–H and O–H groups in total. The molecule has 182 valence electrons. The first-order valence-corrected chi connectivity index (χ1v) is 12.6. The number of rotatable bonds is 9. The molecule has 8 nitrogen and oxygen atoms in total. The zero-order valence-corrected chi connectivity index (χ0v) is 20.8. The lowest BCUT2D eigenvalue weighted by Crippen LogP contribution is -2.63. The quantitative estimate of drug-likeness (QED) is 0.308. The number of ether oxygens (including phenoxy) is 1. The molecule has 10 heteroatoms. The van der Waals surface area contributed by atoms with Gasteiger partial charge in [0.25, 0.3) is 11.8 Å². The van der Waals surface area contributed by atoms with Gasteiger partial charge >= 0.3 is 0 Å². The summed E-state index contributed by atoms with van der Waals surface area (Å²) in [6.45, 7) is 1.68. The van der Waals surface area contributed by atoms with Crippen LogP contribution in [0.1, 0.15) is 33.6 Å². The number of piperidine rings is 1. The van der Waals surface area contributed by atoms with Crippen molar-refractivity contribution in [2.75, 3.05) is 39.5 Å². The molecule has 3 amide bonds. The average molecular weight is 505 g/mol. The first kappa shape index (κ1) is 25.9. The van der Waals surface area contributed by atoms with Crippen molar-refractivity contribution in [3.63, 3.8) is 0 Å². The molecule has 0 spiro atoms. The van der Waals surface area contributed by atoms with Gasteiger partial charge in [0.1, 0.15) is 11.3 Å². The SMILES string of the molecule is COc1cc(SC)ccc1C(=O)NC1(C(=O)NCCNC(=O)c2ccc(Cl)cc2)CCNCC1. The van der Waals surface area contributed by atoms with Gasteiger partial charge in [0.15, 0.2) is 0 Å². The Bertz CT molecular complexity index is 1030. The maximum Gasteiger partial charge on any atom is 0.255 e. The predicted octanol–water partition coefficient (Wildman–Crippen LogP) is 2.47. The Morgan fingerprint density at radius 1 is 1.03 bits per heavy atom.